The molecule has 0 spiro atoms. The zero-order chi connectivity index (χ0) is 19.8. The summed E-state index contributed by atoms with van der Waals surface area (Å²) in [6, 6.07) is 10.6. The molecule has 1 amide bonds. The maximum Gasteiger partial charge on any atom is 0.223 e. The molecule has 2 heterocycles. The summed E-state index contributed by atoms with van der Waals surface area (Å²) in [4.78, 5) is 17.2. The van der Waals surface area contributed by atoms with Gasteiger partial charge < -0.3 is 9.80 Å². The van der Waals surface area contributed by atoms with E-state index in [9.17, 15) is 13.2 Å². The monoisotopic (exact) mass is 404 g/mol. The van der Waals surface area contributed by atoms with Gasteiger partial charge >= 0.3 is 0 Å². The van der Waals surface area contributed by atoms with Crippen LogP contribution in [0, 0.1) is 17.3 Å². The van der Waals surface area contributed by atoms with Gasteiger partial charge in [-0.3, -0.25) is 4.79 Å². The number of hydrogen-bond acceptors (Lipinski definition) is 4. The number of carbonyl (C=O) groups excluding carboxylic acids is 1. The van der Waals surface area contributed by atoms with Gasteiger partial charge in [0.25, 0.3) is 0 Å². The summed E-state index contributed by atoms with van der Waals surface area (Å²) in [5.41, 5.74) is 1.52. The molecule has 154 valence electrons. The van der Waals surface area contributed by atoms with Crippen molar-refractivity contribution >= 4 is 15.7 Å². The summed E-state index contributed by atoms with van der Waals surface area (Å²) < 4.78 is 22.9. The Hall–Kier alpha value is -1.40. The summed E-state index contributed by atoms with van der Waals surface area (Å²) in [7, 11) is -3.10. The molecule has 1 aliphatic carbocycles. The van der Waals surface area contributed by atoms with E-state index in [0.717, 1.165) is 44.9 Å². The molecule has 2 aliphatic heterocycles. The normalized spacial score (nSPS) is 27.9. The molecule has 5 nitrogen and oxygen atoms in total. The first-order chi connectivity index (χ1) is 13.3. The van der Waals surface area contributed by atoms with E-state index in [1.165, 1.54) is 31.2 Å². The Bertz CT molecular complexity index is 806. The molecule has 2 saturated heterocycles. The van der Waals surface area contributed by atoms with Gasteiger partial charge in [-0.1, -0.05) is 30.3 Å². The molecule has 3 fully saturated rings. The van der Waals surface area contributed by atoms with Crippen molar-refractivity contribution < 1.29 is 13.2 Å². The number of aryl methyl sites for hydroxylation is 1. The van der Waals surface area contributed by atoms with Crippen LogP contribution in [-0.4, -0.2) is 68.9 Å². The van der Waals surface area contributed by atoms with E-state index in [0.29, 0.717) is 5.92 Å². The van der Waals surface area contributed by atoms with Gasteiger partial charge in [0.2, 0.25) is 5.91 Å². The minimum absolute atomic E-state index is 0.00709. The average Bonchev–Trinajstić information content (AvgIpc) is 3.30. The van der Waals surface area contributed by atoms with Gasteiger partial charge in [-0.2, -0.15) is 0 Å². The first-order valence-corrected chi connectivity index (χ1v) is 12.6. The zero-order valence-electron chi connectivity index (χ0n) is 16.8. The standard InChI is InChI=1S/C22H32N2O3S/c1-28(26,27)12-10-21(25)24-15-20-14-23(13-19-7-8-19)16-22(20,17-24)11-9-18-5-3-2-4-6-18/h2-6,19-20H,7-17H2,1H3. The summed E-state index contributed by atoms with van der Waals surface area (Å²) in [6.07, 6.45) is 6.20. The lowest BCUT2D eigenvalue weighted by molar-refractivity contribution is -0.130. The van der Waals surface area contributed by atoms with Crippen molar-refractivity contribution in [3.8, 4) is 0 Å². The summed E-state index contributed by atoms with van der Waals surface area (Å²) in [5, 5.41) is 0. The van der Waals surface area contributed by atoms with Crippen molar-refractivity contribution in [1.29, 1.82) is 0 Å². The molecule has 1 aromatic rings. The summed E-state index contributed by atoms with van der Waals surface area (Å²) in [6.45, 7) is 4.95. The fourth-order valence-corrected chi connectivity index (χ4v) is 5.66. The molecule has 28 heavy (non-hydrogen) atoms. The molecule has 4 rings (SSSR count). The number of sulfone groups is 1. The van der Waals surface area contributed by atoms with Gasteiger partial charge in [-0.15, -0.1) is 0 Å². The SMILES string of the molecule is CS(=O)(=O)CCC(=O)N1CC2CN(CC3CC3)CC2(CCc2ccccc2)C1. The maximum absolute atomic E-state index is 12.7. The van der Waals surface area contributed by atoms with Crippen molar-refractivity contribution in [3.05, 3.63) is 35.9 Å². The highest BCUT2D eigenvalue weighted by molar-refractivity contribution is 7.90. The molecule has 1 saturated carbocycles. The quantitative estimate of drug-likeness (QED) is 0.667. The van der Waals surface area contributed by atoms with Crippen LogP contribution in [0.25, 0.3) is 0 Å². The Morgan fingerprint density at radius 3 is 2.57 bits per heavy atom. The second kappa shape index (κ2) is 7.79. The fraction of sp³-hybridized carbons (Fsp3) is 0.682. The maximum atomic E-state index is 12.7. The van der Waals surface area contributed by atoms with Crippen LogP contribution >= 0.6 is 0 Å². The van der Waals surface area contributed by atoms with E-state index >= 15 is 0 Å². The molecule has 1 aromatic carbocycles. The Morgan fingerprint density at radius 1 is 1.14 bits per heavy atom. The van der Waals surface area contributed by atoms with Gasteiger partial charge in [-0.05, 0) is 43.1 Å². The lowest BCUT2D eigenvalue weighted by Crippen LogP contribution is -2.38. The van der Waals surface area contributed by atoms with E-state index < -0.39 is 9.84 Å². The number of likely N-dealkylation sites (tertiary alicyclic amines) is 2. The van der Waals surface area contributed by atoms with Crippen LogP contribution in [-0.2, 0) is 21.1 Å². The zero-order valence-corrected chi connectivity index (χ0v) is 17.7. The van der Waals surface area contributed by atoms with Crippen LogP contribution < -0.4 is 0 Å². The Labute approximate surface area is 169 Å². The smallest absolute Gasteiger partial charge is 0.223 e. The number of amides is 1. The molecule has 0 aromatic heterocycles. The van der Waals surface area contributed by atoms with Gasteiger partial charge in [-0.25, -0.2) is 8.42 Å². The van der Waals surface area contributed by atoms with Crippen molar-refractivity contribution in [1.82, 2.24) is 9.80 Å². The first kappa shape index (κ1) is 19.9. The van der Waals surface area contributed by atoms with Crippen LogP contribution in [0.2, 0.25) is 0 Å². The van der Waals surface area contributed by atoms with E-state index in [4.69, 9.17) is 0 Å². The van der Waals surface area contributed by atoms with E-state index in [1.54, 1.807) is 0 Å². The van der Waals surface area contributed by atoms with E-state index in [1.807, 2.05) is 4.90 Å². The second-order valence-corrected chi connectivity index (χ2v) is 11.6. The van der Waals surface area contributed by atoms with Crippen LogP contribution in [0.5, 0.6) is 0 Å². The second-order valence-electron chi connectivity index (χ2n) is 9.34. The largest absolute Gasteiger partial charge is 0.342 e. The lowest BCUT2D eigenvalue weighted by Gasteiger charge is -2.30. The minimum atomic E-state index is -3.10. The third kappa shape index (κ3) is 4.77. The van der Waals surface area contributed by atoms with E-state index in [-0.39, 0.29) is 23.5 Å². The number of benzene rings is 1. The number of carbonyl (C=O) groups is 1. The molecular weight excluding hydrogens is 372 g/mol. The minimum Gasteiger partial charge on any atom is -0.342 e. The fourth-order valence-electron chi connectivity index (χ4n) is 5.11. The highest BCUT2D eigenvalue weighted by Gasteiger charge is 2.53. The van der Waals surface area contributed by atoms with Gasteiger partial charge in [0, 0.05) is 50.8 Å². The van der Waals surface area contributed by atoms with Crippen molar-refractivity contribution in [2.45, 2.75) is 32.1 Å². The molecule has 0 bridgehead atoms. The molecule has 2 unspecified atom stereocenters. The number of hydrogen-bond donors (Lipinski definition) is 0. The summed E-state index contributed by atoms with van der Waals surface area (Å²) in [5.74, 6) is 1.36. The van der Waals surface area contributed by atoms with Crippen LogP contribution in [0.3, 0.4) is 0 Å². The molecular formula is C22H32N2O3S. The van der Waals surface area contributed by atoms with Crippen molar-refractivity contribution in [3.63, 3.8) is 0 Å². The predicted octanol–water partition coefficient (Wildman–Crippen LogP) is 2.22. The molecule has 0 radical (unpaired) electrons. The topological polar surface area (TPSA) is 57.7 Å². The third-order valence-electron chi connectivity index (χ3n) is 6.84. The van der Waals surface area contributed by atoms with Crippen molar-refractivity contribution in [2.75, 3.05) is 44.7 Å². The average molecular weight is 405 g/mol. The Morgan fingerprint density at radius 2 is 1.89 bits per heavy atom. The van der Waals surface area contributed by atoms with Gasteiger partial charge in [0.05, 0.1) is 5.75 Å². The molecule has 2 atom stereocenters. The van der Waals surface area contributed by atoms with Crippen LogP contribution in [0.4, 0.5) is 0 Å². The highest BCUT2D eigenvalue weighted by atomic mass is 32.2. The first-order valence-electron chi connectivity index (χ1n) is 10.5. The number of nitrogens with zero attached hydrogens (tertiary/aromatic N) is 2. The van der Waals surface area contributed by atoms with Gasteiger partial charge in [0.1, 0.15) is 9.84 Å². The van der Waals surface area contributed by atoms with E-state index in [2.05, 4.69) is 35.2 Å². The number of rotatable bonds is 8. The van der Waals surface area contributed by atoms with Gasteiger partial charge in [0.15, 0.2) is 0 Å². The third-order valence-corrected chi connectivity index (χ3v) is 7.78. The molecule has 0 N–H and O–H groups in total. The van der Waals surface area contributed by atoms with Crippen LogP contribution in [0.15, 0.2) is 30.3 Å². The lowest BCUT2D eigenvalue weighted by atomic mass is 9.76. The predicted molar refractivity (Wildman–Crippen MR) is 111 cm³/mol. The Balaban J connectivity index is 1.43. The van der Waals surface area contributed by atoms with Crippen LogP contribution in [0.1, 0.15) is 31.2 Å². The molecule has 3 aliphatic rings. The van der Waals surface area contributed by atoms with Crippen molar-refractivity contribution in [2.24, 2.45) is 17.3 Å². The highest BCUT2D eigenvalue weighted by Crippen LogP contribution is 2.47. The number of fused-ring (bicyclic) bond motifs is 1. The Kier molecular flexibility index (Phi) is 5.53. The molecule has 6 heteroatoms. The summed E-state index contributed by atoms with van der Waals surface area (Å²) >= 11 is 0.